The SMILES string of the molecule is CC(C)/C(=C/c1csc(-c2ccc(F)cc2)n1)[N+](=O)[O-]. The van der Waals surface area contributed by atoms with Crippen molar-refractivity contribution in [1.29, 1.82) is 0 Å². The van der Waals surface area contributed by atoms with Crippen molar-refractivity contribution in [3.05, 3.63) is 57.0 Å². The lowest BCUT2D eigenvalue weighted by Crippen LogP contribution is -2.05. The minimum absolute atomic E-state index is 0.126. The van der Waals surface area contributed by atoms with Crippen LogP contribution < -0.4 is 0 Å². The van der Waals surface area contributed by atoms with Gasteiger partial charge in [0.25, 0.3) is 5.70 Å². The molecule has 0 atom stereocenters. The summed E-state index contributed by atoms with van der Waals surface area (Å²) in [6.07, 6.45) is 1.48. The average Bonchev–Trinajstić information content (AvgIpc) is 2.84. The van der Waals surface area contributed by atoms with E-state index in [0.29, 0.717) is 10.7 Å². The van der Waals surface area contributed by atoms with Gasteiger partial charge in [-0.25, -0.2) is 9.37 Å². The molecule has 0 radical (unpaired) electrons. The number of nitrogens with zero attached hydrogens (tertiary/aromatic N) is 2. The van der Waals surface area contributed by atoms with Gasteiger partial charge in [0, 0.05) is 22.9 Å². The van der Waals surface area contributed by atoms with Gasteiger partial charge in [-0.3, -0.25) is 10.1 Å². The number of thiazole rings is 1. The number of nitro groups is 1. The molecular weight excluding hydrogens is 279 g/mol. The van der Waals surface area contributed by atoms with E-state index in [4.69, 9.17) is 0 Å². The fourth-order valence-electron chi connectivity index (χ4n) is 1.66. The monoisotopic (exact) mass is 292 g/mol. The fraction of sp³-hybridized carbons (Fsp3) is 0.214. The number of rotatable bonds is 4. The van der Waals surface area contributed by atoms with Crippen molar-refractivity contribution in [2.45, 2.75) is 13.8 Å². The van der Waals surface area contributed by atoms with Gasteiger partial charge in [0.15, 0.2) is 0 Å². The van der Waals surface area contributed by atoms with Crippen molar-refractivity contribution in [3.63, 3.8) is 0 Å². The molecule has 0 spiro atoms. The van der Waals surface area contributed by atoms with Crippen LogP contribution in [0.1, 0.15) is 19.5 Å². The van der Waals surface area contributed by atoms with Crippen LogP contribution in [0.25, 0.3) is 16.6 Å². The molecule has 0 fully saturated rings. The zero-order chi connectivity index (χ0) is 14.7. The lowest BCUT2D eigenvalue weighted by atomic mass is 10.1. The maximum atomic E-state index is 12.9. The molecule has 0 aliphatic rings. The quantitative estimate of drug-likeness (QED) is 0.626. The lowest BCUT2D eigenvalue weighted by molar-refractivity contribution is -0.431. The first-order valence-electron chi connectivity index (χ1n) is 6.05. The second-order valence-electron chi connectivity index (χ2n) is 4.57. The maximum Gasteiger partial charge on any atom is 0.250 e. The van der Waals surface area contributed by atoms with Crippen LogP contribution >= 0.6 is 11.3 Å². The molecule has 2 aromatic rings. The Morgan fingerprint density at radius 2 is 2.05 bits per heavy atom. The van der Waals surface area contributed by atoms with E-state index in [9.17, 15) is 14.5 Å². The number of aromatic nitrogens is 1. The summed E-state index contributed by atoms with van der Waals surface area (Å²) < 4.78 is 12.9. The molecule has 0 aliphatic heterocycles. The number of allylic oxidation sites excluding steroid dienone is 1. The lowest BCUT2D eigenvalue weighted by Gasteiger charge is -2.00. The van der Waals surface area contributed by atoms with Gasteiger partial charge in [0.05, 0.1) is 10.6 Å². The summed E-state index contributed by atoms with van der Waals surface area (Å²) in [7, 11) is 0. The number of hydrogen-bond donors (Lipinski definition) is 0. The molecule has 6 heteroatoms. The van der Waals surface area contributed by atoms with Gasteiger partial charge in [-0.2, -0.15) is 0 Å². The Labute approximate surface area is 119 Å². The molecular formula is C14H13FN2O2S. The number of benzene rings is 1. The van der Waals surface area contributed by atoms with Crippen molar-refractivity contribution < 1.29 is 9.31 Å². The summed E-state index contributed by atoms with van der Waals surface area (Å²) >= 11 is 1.37. The molecule has 0 saturated heterocycles. The predicted octanol–water partition coefficient (Wildman–Crippen LogP) is 4.22. The highest BCUT2D eigenvalue weighted by atomic mass is 32.1. The molecule has 0 N–H and O–H groups in total. The first kappa shape index (κ1) is 14.3. The first-order chi connectivity index (χ1) is 9.47. The van der Waals surface area contributed by atoms with Crippen LogP contribution in [0.4, 0.5) is 4.39 Å². The molecule has 20 heavy (non-hydrogen) atoms. The first-order valence-corrected chi connectivity index (χ1v) is 6.93. The van der Waals surface area contributed by atoms with E-state index in [2.05, 4.69) is 4.98 Å². The van der Waals surface area contributed by atoms with E-state index in [0.717, 1.165) is 5.56 Å². The summed E-state index contributed by atoms with van der Waals surface area (Å²) in [6.45, 7) is 3.53. The van der Waals surface area contributed by atoms with Gasteiger partial charge in [-0.05, 0) is 24.3 Å². The average molecular weight is 292 g/mol. The van der Waals surface area contributed by atoms with Crippen molar-refractivity contribution in [1.82, 2.24) is 4.98 Å². The van der Waals surface area contributed by atoms with Crippen LogP contribution in [0, 0.1) is 21.8 Å². The predicted molar refractivity (Wildman–Crippen MR) is 77.3 cm³/mol. The summed E-state index contributed by atoms with van der Waals surface area (Å²) in [4.78, 5) is 14.9. The van der Waals surface area contributed by atoms with Crippen LogP contribution in [0.2, 0.25) is 0 Å². The van der Waals surface area contributed by atoms with Gasteiger partial charge in [-0.1, -0.05) is 13.8 Å². The Morgan fingerprint density at radius 3 is 2.60 bits per heavy atom. The Morgan fingerprint density at radius 1 is 1.40 bits per heavy atom. The van der Waals surface area contributed by atoms with E-state index >= 15 is 0 Å². The third kappa shape index (κ3) is 3.27. The van der Waals surface area contributed by atoms with Gasteiger partial charge in [-0.15, -0.1) is 11.3 Å². The summed E-state index contributed by atoms with van der Waals surface area (Å²) in [5.41, 5.74) is 1.47. The molecule has 0 saturated carbocycles. The minimum atomic E-state index is -0.387. The third-order valence-electron chi connectivity index (χ3n) is 2.71. The van der Waals surface area contributed by atoms with Crippen molar-refractivity contribution in [2.24, 2.45) is 5.92 Å². The van der Waals surface area contributed by atoms with Gasteiger partial charge < -0.3 is 0 Å². The molecule has 104 valence electrons. The Hall–Kier alpha value is -2.08. The van der Waals surface area contributed by atoms with Crippen molar-refractivity contribution in [2.75, 3.05) is 0 Å². The maximum absolute atomic E-state index is 12.9. The van der Waals surface area contributed by atoms with Gasteiger partial charge >= 0.3 is 0 Å². The third-order valence-corrected chi connectivity index (χ3v) is 3.62. The molecule has 0 bridgehead atoms. The van der Waals surface area contributed by atoms with E-state index < -0.39 is 0 Å². The molecule has 0 aliphatic carbocycles. The highest BCUT2D eigenvalue weighted by Gasteiger charge is 2.16. The van der Waals surface area contributed by atoms with Crippen LogP contribution in [-0.2, 0) is 0 Å². The molecule has 1 heterocycles. The van der Waals surface area contributed by atoms with E-state index in [1.54, 1.807) is 31.4 Å². The molecule has 1 aromatic carbocycles. The number of hydrogen-bond acceptors (Lipinski definition) is 4. The Balaban J connectivity index is 2.31. The zero-order valence-corrected chi connectivity index (χ0v) is 11.9. The largest absolute Gasteiger partial charge is 0.259 e. The zero-order valence-electron chi connectivity index (χ0n) is 11.0. The van der Waals surface area contributed by atoms with Crippen LogP contribution in [0.15, 0.2) is 35.3 Å². The Bertz CT molecular complexity index is 647. The highest BCUT2D eigenvalue weighted by Crippen LogP contribution is 2.25. The Kier molecular flexibility index (Phi) is 4.24. The van der Waals surface area contributed by atoms with E-state index in [1.165, 1.54) is 29.5 Å². The van der Waals surface area contributed by atoms with E-state index in [1.807, 2.05) is 0 Å². The number of halogens is 1. The van der Waals surface area contributed by atoms with Crippen LogP contribution in [0.3, 0.4) is 0 Å². The van der Waals surface area contributed by atoms with Crippen LogP contribution in [0.5, 0.6) is 0 Å². The summed E-state index contributed by atoms with van der Waals surface area (Å²) in [5.74, 6) is -0.484. The van der Waals surface area contributed by atoms with Gasteiger partial charge in [0.2, 0.25) is 0 Å². The summed E-state index contributed by atoms with van der Waals surface area (Å²) in [5, 5.41) is 13.4. The fourth-order valence-corrected chi connectivity index (χ4v) is 2.44. The molecule has 4 nitrogen and oxygen atoms in total. The van der Waals surface area contributed by atoms with Crippen molar-refractivity contribution in [3.8, 4) is 10.6 Å². The molecule has 1 aromatic heterocycles. The molecule has 0 amide bonds. The second kappa shape index (κ2) is 5.92. The molecule has 0 unspecified atom stereocenters. The highest BCUT2D eigenvalue weighted by molar-refractivity contribution is 7.13. The van der Waals surface area contributed by atoms with E-state index in [-0.39, 0.29) is 22.4 Å². The topological polar surface area (TPSA) is 56.0 Å². The second-order valence-corrected chi connectivity index (χ2v) is 5.42. The summed E-state index contributed by atoms with van der Waals surface area (Å²) in [6, 6.07) is 6.00. The van der Waals surface area contributed by atoms with Crippen LogP contribution in [-0.4, -0.2) is 9.91 Å². The molecule has 2 rings (SSSR count). The minimum Gasteiger partial charge on any atom is -0.259 e. The normalized spacial score (nSPS) is 11.9. The van der Waals surface area contributed by atoms with Gasteiger partial charge in [0.1, 0.15) is 10.8 Å². The smallest absolute Gasteiger partial charge is 0.250 e. The van der Waals surface area contributed by atoms with Crippen molar-refractivity contribution >= 4 is 17.4 Å². The standard InChI is InChI=1S/C14H13FN2O2S/c1-9(2)13(17(18)19)7-12-8-20-14(16-12)10-3-5-11(15)6-4-10/h3-9H,1-2H3/b13-7-.